The van der Waals surface area contributed by atoms with E-state index >= 15 is 0 Å². The molecular formula is C12H12N2O3. The van der Waals surface area contributed by atoms with Gasteiger partial charge in [0.05, 0.1) is 6.42 Å². The molecule has 0 radical (unpaired) electrons. The molecule has 1 N–H and O–H groups in total. The number of benzene rings is 1. The van der Waals surface area contributed by atoms with Crippen molar-refractivity contribution in [2.75, 3.05) is 0 Å². The van der Waals surface area contributed by atoms with E-state index < -0.39 is 5.97 Å². The predicted molar refractivity (Wildman–Crippen MR) is 60.4 cm³/mol. The van der Waals surface area contributed by atoms with Crippen molar-refractivity contribution in [3.63, 3.8) is 0 Å². The van der Waals surface area contributed by atoms with Crippen molar-refractivity contribution in [3.05, 3.63) is 36.2 Å². The topological polar surface area (TPSA) is 76.2 Å². The summed E-state index contributed by atoms with van der Waals surface area (Å²) >= 11 is 0. The molecule has 2 rings (SSSR count). The van der Waals surface area contributed by atoms with Crippen LogP contribution in [0, 0.1) is 0 Å². The molecule has 1 unspecified atom stereocenters. The zero-order chi connectivity index (χ0) is 12.3. The molecule has 88 valence electrons. The first-order valence-corrected chi connectivity index (χ1v) is 5.27. The van der Waals surface area contributed by atoms with E-state index in [0.29, 0.717) is 11.8 Å². The number of carboxylic acids is 1. The Bertz CT molecular complexity index is 507. The second-order valence-corrected chi connectivity index (χ2v) is 3.81. The molecule has 0 amide bonds. The van der Waals surface area contributed by atoms with Crippen LogP contribution in [0.2, 0.25) is 0 Å². The Hall–Kier alpha value is -2.17. The number of aliphatic carboxylic acids is 1. The van der Waals surface area contributed by atoms with Crippen LogP contribution >= 0.6 is 0 Å². The molecular weight excluding hydrogens is 220 g/mol. The van der Waals surface area contributed by atoms with Gasteiger partial charge in [-0.15, -0.1) is 10.2 Å². The fourth-order valence-electron chi connectivity index (χ4n) is 1.48. The Morgan fingerprint density at radius 3 is 2.71 bits per heavy atom. The molecule has 0 fully saturated rings. The molecule has 1 aromatic heterocycles. The lowest BCUT2D eigenvalue weighted by Crippen LogP contribution is -2.02. The van der Waals surface area contributed by atoms with Gasteiger partial charge in [0.25, 0.3) is 0 Å². The van der Waals surface area contributed by atoms with Crippen LogP contribution in [0.5, 0.6) is 0 Å². The number of nitrogens with zero attached hydrogens (tertiary/aromatic N) is 2. The Balaban J connectivity index is 2.19. The minimum absolute atomic E-state index is 0.0174. The van der Waals surface area contributed by atoms with Crippen molar-refractivity contribution in [1.29, 1.82) is 0 Å². The van der Waals surface area contributed by atoms with Crippen molar-refractivity contribution >= 4 is 5.97 Å². The van der Waals surface area contributed by atoms with Crippen LogP contribution in [0.4, 0.5) is 0 Å². The molecule has 2 aromatic rings. The molecule has 0 aliphatic carbocycles. The molecule has 5 nitrogen and oxygen atoms in total. The van der Waals surface area contributed by atoms with E-state index in [1.54, 1.807) is 6.92 Å². The Kier molecular flexibility index (Phi) is 3.18. The van der Waals surface area contributed by atoms with Crippen LogP contribution in [-0.2, 0) is 4.79 Å². The standard InChI is InChI=1S/C12H12N2O3/c1-8(7-10(15)16)11-13-14-12(17-11)9-5-3-2-4-6-9/h2-6,8H,7H2,1H3,(H,15,16). The molecule has 1 heterocycles. The van der Waals surface area contributed by atoms with Gasteiger partial charge in [0, 0.05) is 11.5 Å². The van der Waals surface area contributed by atoms with Gasteiger partial charge in [-0.25, -0.2) is 0 Å². The molecule has 0 aliphatic heterocycles. The predicted octanol–water partition coefficient (Wildman–Crippen LogP) is 2.31. The first-order valence-electron chi connectivity index (χ1n) is 5.27. The molecule has 1 aromatic carbocycles. The zero-order valence-corrected chi connectivity index (χ0v) is 9.33. The summed E-state index contributed by atoms with van der Waals surface area (Å²) in [4.78, 5) is 10.6. The van der Waals surface area contributed by atoms with Gasteiger partial charge in [-0.05, 0) is 12.1 Å². The average molecular weight is 232 g/mol. The van der Waals surface area contributed by atoms with Crippen LogP contribution in [0.15, 0.2) is 34.7 Å². The Labute approximate surface area is 98.1 Å². The highest BCUT2D eigenvalue weighted by Gasteiger charge is 2.17. The van der Waals surface area contributed by atoms with E-state index in [9.17, 15) is 4.79 Å². The highest BCUT2D eigenvalue weighted by Crippen LogP contribution is 2.22. The van der Waals surface area contributed by atoms with Crippen LogP contribution in [0.1, 0.15) is 25.2 Å². The number of hydrogen-bond donors (Lipinski definition) is 1. The molecule has 5 heteroatoms. The van der Waals surface area contributed by atoms with Crippen LogP contribution < -0.4 is 0 Å². The smallest absolute Gasteiger partial charge is 0.304 e. The Morgan fingerprint density at radius 1 is 1.35 bits per heavy atom. The highest BCUT2D eigenvalue weighted by atomic mass is 16.4. The number of aromatic nitrogens is 2. The summed E-state index contributed by atoms with van der Waals surface area (Å²) in [6.45, 7) is 1.75. The van der Waals surface area contributed by atoms with Crippen molar-refractivity contribution in [2.45, 2.75) is 19.3 Å². The van der Waals surface area contributed by atoms with Gasteiger partial charge in [-0.1, -0.05) is 25.1 Å². The zero-order valence-electron chi connectivity index (χ0n) is 9.33. The fraction of sp³-hybridized carbons (Fsp3) is 0.250. The van der Waals surface area contributed by atoms with Gasteiger partial charge in [-0.3, -0.25) is 4.79 Å². The number of rotatable bonds is 4. The minimum atomic E-state index is -0.878. The first-order chi connectivity index (χ1) is 8.16. The third-order valence-electron chi connectivity index (χ3n) is 2.36. The lowest BCUT2D eigenvalue weighted by atomic mass is 10.1. The van der Waals surface area contributed by atoms with E-state index in [1.165, 1.54) is 0 Å². The quantitative estimate of drug-likeness (QED) is 0.875. The fourth-order valence-corrected chi connectivity index (χ4v) is 1.48. The summed E-state index contributed by atoms with van der Waals surface area (Å²) in [5, 5.41) is 16.4. The summed E-state index contributed by atoms with van der Waals surface area (Å²) < 4.78 is 5.45. The van der Waals surface area contributed by atoms with Gasteiger partial charge in [0.15, 0.2) is 0 Å². The molecule has 0 saturated carbocycles. The lowest BCUT2D eigenvalue weighted by Gasteiger charge is -2.01. The van der Waals surface area contributed by atoms with Crippen molar-refractivity contribution in [2.24, 2.45) is 0 Å². The summed E-state index contributed by atoms with van der Waals surface area (Å²) in [7, 11) is 0. The molecule has 0 saturated heterocycles. The van der Waals surface area contributed by atoms with Gasteiger partial charge in [-0.2, -0.15) is 0 Å². The van der Waals surface area contributed by atoms with Crippen LogP contribution in [-0.4, -0.2) is 21.3 Å². The number of carbonyl (C=O) groups is 1. The average Bonchev–Trinajstić information content (AvgIpc) is 2.78. The second-order valence-electron chi connectivity index (χ2n) is 3.81. The largest absolute Gasteiger partial charge is 0.481 e. The second kappa shape index (κ2) is 4.78. The maximum atomic E-state index is 10.6. The van der Waals surface area contributed by atoms with E-state index in [-0.39, 0.29) is 12.3 Å². The first kappa shape index (κ1) is 11.3. The van der Waals surface area contributed by atoms with Crippen molar-refractivity contribution < 1.29 is 14.3 Å². The monoisotopic (exact) mass is 232 g/mol. The molecule has 17 heavy (non-hydrogen) atoms. The Morgan fingerprint density at radius 2 is 2.06 bits per heavy atom. The van der Waals surface area contributed by atoms with Gasteiger partial charge in [0.2, 0.25) is 11.8 Å². The summed E-state index contributed by atoms with van der Waals surface area (Å²) in [6, 6.07) is 9.37. The normalized spacial score (nSPS) is 12.3. The summed E-state index contributed by atoms with van der Waals surface area (Å²) in [5.41, 5.74) is 0.828. The van der Waals surface area contributed by atoms with E-state index in [0.717, 1.165) is 5.56 Å². The highest BCUT2D eigenvalue weighted by molar-refractivity contribution is 5.67. The van der Waals surface area contributed by atoms with Gasteiger partial charge < -0.3 is 9.52 Å². The lowest BCUT2D eigenvalue weighted by molar-refractivity contribution is -0.137. The molecule has 0 spiro atoms. The van der Waals surface area contributed by atoms with Crippen molar-refractivity contribution in [3.8, 4) is 11.5 Å². The molecule has 0 bridgehead atoms. The maximum Gasteiger partial charge on any atom is 0.304 e. The SMILES string of the molecule is CC(CC(=O)O)c1nnc(-c2ccccc2)o1. The van der Waals surface area contributed by atoms with E-state index in [1.807, 2.05) is 30.3 Å². The summed E-state index contributed by atoms with van der Waals surface area (Å²) in [5.74, 6) is -0.390. The minimum Gasteiger partial charge on any atom is -0.481 e. The van der Waals surface area contributed by atoms with Crippen molar-refractivity contribution in [1.82, 2.24) is 10.2 Å². The maximum absolute atomic E-state index is 10.6. The third-order valence-corrected chi connectivity index (χ3v) is 2.36. The molecule has 0 aliphatic rings. The molecule has 1 atom stereocenters. The van der Waals surface area contributed by atoms with Gasteiger partial charge >= 0.3 is 5.97 Å². The van der Waals surface area contributed by atoms with Crippen LogP contribution in [0.25, 0.3) is 11.5 Å². The number of carboxylic acid groups (broad SMARTS) is 1. The van der Waals surface area contributed by atoms with Crippen LogP contribution in [0.3, 0.4) is 0 Å². The van der Waals surface area contributed by atoms with Gasteiger partial charge in [0.1, 0.15) is 0 Å². The van der Waals surface area contributed by atoms with E-state index in [2.05, 4.69) is 10.2 Å². The number of hydrogen-bond acceptors (Lipinski definition) is 4. The third kappa shape index (κ3) is 2.69. The van der Waals surface area contributed by atoms with E-state index in [4.69, 9.17) is 9.52 Å². The summed E-state index contributed by atoms with van der Waals surface area (Å²) in [6.07, 6.45) is -0.0174.